The third-order valence-electron chi connectivity index (χ3n) is 7.05. The molecule has 35 heavy (non-hydrogen) atoms. The number of anilines is 1. The lowest BCUT2D eigenvalue weighted by molar-refractivity contribution is 0.185. The molecule has 0 spiro atoms. The average molecular weight is 479 g/mol. The topological polar surface area (TPSA) is 93.1 Å². The summed E-state index contributed by atoms with van der Waals surface area (Å²) < 4.78 is 35.9. The molecule has 2 aliphatic rings. The van der Waals surface area contributed by atoms with Crippen molar-refractivity contribution in [3.8, 4) is 22.9 Å². The van der Waals surface area contributed by atoms with Gasteiger partial charge in [0.2, 0.25) is 0 Å². The Hall–Kier alpha value is -3.66. The van der Waals surface area contributed by atoms with Crippen molar-refractivity contribution in [2.45, 2.75) is 44.3 Å². The highest BCUT2D eigenvalue weighted by Crippen LogP contribution is 2.42. The summed E-state index contributed by atoms with van der Waals surface area (Å²) in [5.41, 5.74) is 2.04. The van der Waals surface area contributed by atoms with Crippen LogP contribution in [0.4, 0.5) is 14.6 Å². The van der Waals surface area contributed by atoms with Gasteiger partial charge in [-0.15, -0.1) is 0 Å². The van der Waals surface area contributed by atoms with Crippen molar-refractivity contribution in [1.82, 2.24) is 24.9 Å². The van der Waals surface area contributed by atoms with Gasteiger partial charge in [-0.1, -0.05) is 23.4 Å². The number of rotatable bonds is 6. The minimum atomic E-state index is -0.476. The number of aromatic nitrogens is 5. The summed E-state index contributed by atoms with van der Waals surface area (Å²) in [7, 11) is 0. The van der Waals surface area contributed by atoms with Gasteiger partial charge in [-0.05, 0) is 43.7 Å². The van der Waals surface area contributed by atoms with Gasteiger partial charge in [0.25, 0.3) is 0 Å². The predicted molar refractivity (Wildman–Crippen MR) is 123 cm³/mol. The Balaban J connectivity index is 1.38. The van der Waals surface area contributed by atoms with Crippen LogP contribution in [0.25, 0.3) is 22.9 Å². The lowest BCUT2D eigenvalue weighted by Crippen LogP contribution is -2.44. The fraction of sp³-hybridized carbons (Fsp3) is 0.360. The minimum absolute atomic E-state index is 0.146. The highest BCUT2D eigenvalue weighted by molar-refractivity contribution is 5.63. The molecule has 180 valence electrons. The number of aliphatic hydroxyl groups is 1. The van der Waals surface area contributed by atoms with Gasteiger partial charge in [0, 0.05) is 30.3 Å². The van der Waals surface area contributed by atoms with Crippen molar-refractivity contribution in [2.24, 2.45) is 5.92 Å². The van der Waals surface area contributed by atoms with Crippen LogP contribution in [0.2, 0.25) is 0 Å². The van der Waals surface area contributed by atoms with Crippen molar-refractivity contribution >= 4 is 5.82 Å². The van der Waals surface area contributed by atoms with Gasteiger partial charge in [-0.3, -0.25) is 4.68 Å². The summed E-state index contributed by atoms with van der Waals surface area (Å²) in [5, 5.41) is 18.3. The molecule has 10 heteroatoms. The lowest BCUT2D eigenvalue weighted by Gasteiger charge is -2.39. The summed E-state index contributed by atoms with van der Waals surface area (Å²) in [5.74, 6) is -0.0202. The maximum atomic E-state index is 15.0. The highest BCUT2D eigenvalue weighted by atomic mass is 19.1. The molecule has 2 saturated heterocycles. The third-order valence-corrected chi connectivity index (χ3v) is 7.05. The largest absolute Gasteiger partial charge is 0.396 e. The molecule has 6 rings (SSSR count). The molecule has 1 N–H and O–H groups in total. The molecule has 5 heterocycles. The molecule has 2 fully saturated rings. The van der Waals surface area contributed by atoms with E-state index in [1.165, 1.54) is 18.5 Å². The molecular weight excluding hydrogens is 454 g/mol. The number of benzene rings is 1. The molecule has 0 aliphatic carbocycles. The van der Waals surface area contributed by atoms with Crippen LogP contribution < -0.4 is 4.90 Å². The zero-order valence-electron chi connectivity index (χ0n) is 18.9. The van der Waals surface area contributed by atoms with Crippen LogP contribution in [0.5, 0.6) is 0 Å². The SMILES string of the molecule is OCC1CC2CCC(C1)N2c1nc(-c2cc(-c3ccon3)n(Cc3ccccc3F)n2)ncc1F. The van der Waals surface area contributed by atoms with E-state index in [0.29, 0.717) is 22.6 Å². The summed E-state index contributed by atoms with van der Waals surface area (Å²) in [4.78, 5) is 10.9. The molecule has 2 aliphatic heterocycles. The van der Waals surface area contributed by atoms with Crippen LogP contribution >= 0.6 is 0 Å². The second-order valence-electron chi connectivity index (χ2n) is 9.23. The van der Waals surface area contributed by atoms with Gasteiger partial charge in [-0.25, -0.2) is 18.7 Å². The van der Waals surface area contributed by atoms with Crippen molar-refractivity contribution in [1.29, 1.82) is 0 Å². The monoisotopic (exact) mass is 478 g/mol. The van der Waals surface area contributed by atoms with E-state index in [4.69, 9.17) is 4.52 Å². The first-order chi connectivity index (χ1) is 17.1. The standard InChI is InChI=1S/C25H24F2N6O2/c26-19-4-2-1-3-16(19)13-32-23(21-7-8-35-31-21)11-22(30-32)24-28-12-20(27)25(29-24)33-17-5-6-18(33)10-15(9-17)14-34/h1-4,7-8,11-12,15,17-18,34H,5-6,9-10,13-14H2. The lowest BCUT2D eigenvalue weighted by atomic mass is 9.91. The molecule has 8 nitrogen and oxygen atoms in total. The molecule has 2 bridgehead atoms. The summed E-state index contributed by atoms with van der Waals surface area (Å²) in [6.45, 7) is 0.324. The minimum Gasteiger partial charge on any atom is -0.396 e. The van der Waals surface area contributed by atoms with Crippen LogP contribution in [-0.2, 0) is 6.54 Å². The molecule has 1 aromatic carbocycles. The van der Waals surface area contributed by atoms with E-state index in [0.717, 1.165) is 25.7 Å². The van der Waals surface area contributed by atoms with Gasteiger partial charge < -0.3 is 14.5 Å². The second kappa shape index (κ2) is 8.84. The van der Waals surface area contributed by atoms with Crippen LogP contribution in [0.1, 0.15) is 31.2 Å². The first-order valence-corrected chi connectivity index (χ1v) is 11.7. The maximum absolute atomic E-state index is 15.0. The van der Waals surface area contributed by atoms with E-state index >= 15 is 0 Å². The molecule has 3 aromatic heterocycles. The summed E-state index contributed by atoms with van der Waals surface area (Å²) in [6.07, 6.45) is 6.17. The van der Waals surface area contributed by atoms with Crippen LogP contribution in [0, 0.1) is 17.6 Å². The van der Waals surface area contributed by atoms with Crippen molar-refractivity contribution in [3.05, 3.63) is 66.1 Å². The first kappa shape index (κ1) is 21.8. The number of hydrogen-bond acceptors (Lipinski definition) is 7. The first-order valence-electron chi connectivity index (χ1n) is 11.7. The molecule has 0 saturated carbocycles. The Bertz CT molecular complexity index is 1330. The molecule has 4 aromatic rings. The molecule has 2 atom stereocenters. The Morgan fingerprint density at radius 3 is 2.54 bits per heavy atom. The number of fused-ring (bicyclic) bond motifs is 2. The highest BCUT2D eigenvalue weighted by Gasteiger charge is 2.42. The number of hydrogen-bond donors (Lipinski definition) is 1. The summed E-state index contributed by atoms with van der Waals surface area (Å²) in [6, 6.07) is 10.2. The number of piperidine rings is 1. The Labute approximate surface area is 200 Å². The van der Waals surface area contributed by atoms with Crippen LogP contribution in [0.15, 0.2) is 53.4 Å². The van der Waals surface area contributed by atoms with Crippen molar-refractivity contribution in [3.63, 3.8) is 0 Å². The van der Waals surface area contributed by atoms with Gasteiger partial charge >= 0.3 is 0 Å². The second-order valence-corrected chi connectivity index (χ2v) is 9.23. The van der Waals surface area contributed by atoms with E-state index in [2.05, 4.69) is 25.1 Å². The van der Waals surface area contributed by atoms with E-state index in [1.54, 1.807) is 35.0 Å². The smallest absolute Gasteiger partial charge is 0.183 e. The number of nitrogens with zero attached hydrogens (tertiary/aromatic N) is 6. The van der Waals surface area contributed by atoms with Gasteiger partial charge in [-0.2, -0.15) is 5.10 Å². The Morgan fingerprint density at radius 2 is 1.83 bits per heavy atom. The van der Waals surface area contributed by atoms with E-state index < -0.39 is 5.82 Å². The van der Waals surface area contributed by atoms with Gasteiger partial charge in [0.1, 0.15) is 23.5 Å². The molecule has 0 radical (unpaired) electrons. The summed E-state index contributed by atoms with van der Waals surface area (Å²) >= 11 is 0. The molecule has 2 unspecified atom stereocenters. The van der Waals surface area contributed by atoms with Crippen molar-refractivity contribution in [2.75, 3.05) is 11.5 Å². The number of halogens is 2. The third kappa shape index (κ3) is 3.97. The van der Waals surface area contributed by atoms with E-state index in [1.807, 2.05) is 0 Å². The van der Waals surface area contributed by atoms with Crippen molar-refractivity contribution < 1.29 is 18.4 Å². The predicted octanol–water partition coefficient (Wildman–Crippen LogP) is 4.06. The number of aliphatic hydroxyl groups excluding tert-OH is 1. The zero-order valence-corrected chi connectivity index (χ0v) is 18.9. The normalized spacial score (nSPS) is 21.6. The molecule has 0 amide bonds. The molecular formula is C25H24F2N6O2. The Kier molecular flexibility index (Phi) is 5.52. The zero-order chi connectivity index (χ0) is 23.9. The Morgan fingerprint density at radius 1 is 1.03 bits per heavy atom. The average Bonchev–Trinajstić information content (AvgIpc) is 3.59. The fourth-order valence-electron chi connectivity index (χ4n) is 5.43. The van der Waals surface area contributed by atoms with Gasteiger partial charge in [0.15, 0.2) is 17.5 Å². The van der Waals surface area contributed by atoms with E-state index in [-0.39, 0.29) is 48.6 Å². The van der Waals surface area contributed by atoms with Crippen LogP contribution in [0.3, 0.4) is 0 Å². The van der Waals surface area contributed by atoms with Crippen LogP contribution in [-0.4, -0.2) is 48.7 Å². The van der Waals surface area contributed by atoms with E-state index in [9.17, 15) is 13.9 Å². The maximum Gasteiger partial charge on any atom is 0.183 e. The fourth-order valence-corrected chi connectivity index (χ4v) is 5.43. The quantitative estimate of drug-likeness (QED) is 0.447. The van der Waals surface area contributed by atoms with Gasteiger partial charge in [0.05, 0.1) is 18.4 Å².